The van der Waals surface area contributed by atoms with Crippen molar-refractivity contribution < 1.29 is 19.4 Å². The molecular formula is C11H16O4. The predicted octanol–water partition coefficient (Wildman–Crippen LogP) is 0.707. The van der Waals surface area contributed by atoms with Gasteiger partial charge in [0, 0.05) is 11.8 Å². The quantitative estimate of drug-likeness (QED) is 0.650. The van der Waals surface area contributed by atoms with Crippen molar-refractivity contribution in [1.82, 2.24) is 0 Å². The molecule has 4 heteroatoms. The van der Waals surface area contributed by atoms with Crippen molar-refractivity contribution in [2.24, 2.45) is 17.8 Å². The second-order valence-corrected chi connectivity index (χ2v) is 4.33. The van der Waals surface area contributed by atoms with Crippen LogP contribution in [-0.2, 0) is 14.3 Å². The number of methoxy groups -OCH3 is 1. The van der Waals surface area contributed by atoms with Crippen LogP contribution in [0.4, 0.5) is 0 Å². The topological polar surface area (TPSA) is 55.8 Å². The second-order valence-electron chi connectivity index (χ2n) is 4.33. The first-order valence-corrected chi connectivity index (χ1v) is 5.23. The summed E-state index contributed by atoms with van der Waals surface area (Å²) in [4.78, 5) is 11.5. The molecule has 2 rings (SSSR count). The minimum Gasteiger partial charge on any atom is -0.500 e. The summed E-state index contributed by atoms with van der Waals surface area (Å²) < 4.78 is 9.96. The molecule has 1 saturated carbocycles. The van der Waals surface area contributed by atoms with Crippen molar-refractivity contribution in [1.29, 1.82) is 0 Å². The van der Waals surface area contributed by atoms with E-state index < -0.39 is 0 Å². The van der Waals surface area contributed by atoms with Crippen molar-refractivity contribution >= 4 is 5.97 Å². The molecule has 2 aliphatic rings. The molecule has 1 N–H and O–H groups in total. The van der Waals surface area contributed by atoms with Gasteiger partial charge in [-0.05, 0) is 12.3 Å². The molecule has 4 nitrogen and oxygen atoms in total. The number of aliphatic hydroxyl groups is 1. The average molecular weight is 212 g/mol. The highest BCUT2D eigenvalue weighted by atomic mass is 16.5. The molecule has 0 spiro atoms. The summed E-state index contributed by atoms with van der Waals surface area (Å²) >= 11 is 0. The molecular weight excluding hydrogens is 196 g/mol. The van der Waals surface area contributed by atoms with Gasteiger partial charge in [-0.1, -0.05) is 6.92 Å². The van der Waals surface area contributed by atoms with Gasteiger partial charge in [0.05, 0.1) is 31.7 Å². The molecule has 0 radical (unpaired) electrons. The lowest BCUT2D eigenvalue weighted by atomic mass is 9.85. The van der Waals surface area contributed by atoms with E-state index in [0.717, 1.165) is 0 Å². The maximum absolute atomic E-state index is 11.5. The molecule has 0 amide bonds. The SMILES string of the molecule is COC(=O)C1=COC[C@H]2[C@@H](C)[C@H](O)C[C@@H]12. The second kappa shape index (κ2) is 3.85. The van der Waals surface area contributed by atoms with Crippen LogP contribution in [0.1, 0.15) is 13.3 Å². The average Bonchev–Trinajstić information content (AvgIpc) is 2.54. The highest BCUT2D eigenvalue weighted by Gasteiger charge is 2.45. The minimum atomic E-state index is -0.342. The number of ether oxygens (including phenoxy) is 2. The van der Waals surface area contributed by atoms with E-state index in [1.54, 1.807) is 0 Å². The molecule has 4 atom stereocenters. The van der Waals surface area contributed by atoms with Crippen molar-refractivity contribution in [3.05, 3.63) is 11.8 Å². The van der Waals surface area contributed by atoms with E-state index >= 15 is 0 Å². The Morgan fingerprint density at radius 3 is 3.07 bits per heavy atom. The van der Waals surface area contributed by atoms with E-state index in [0.29, 0.717) is 18.6 Å². The molecule has 0 saturated heterocycles. The summed E-state index contributed by atoms with van der Waals surface area (Å²) in [6.07, 6.45) is 1.78. The van der Waals surface area contributed by atoms with Gasteiger partial charge in [0.2, 0.25) is 0 Å². The zero-order valence-corrected chi connectivity index (χ0v) is 8.97. The van der Waals surface area contributed by atoms with Crippen LogP contribution in [0, 0.1) is 17.8 Å². The summed E-state index contributed by atoms with van der Waals surface area (Å²) in [5, 5.41) is 9.77. The van der Waals surface area contributed by atoms with Gasteiger partial charge in [0.1, 0.15) is 0 Å². The number of rotatable bonds is 1. The summed E-state index contributed by atoms with van der Waals surface area (Å²) in [5.41, 5.74) is 0.567. The number of esters is 1. The number of hydrogen-bond donors (Lipinski definition) is 1. The fourth-order valence-corrected chi connectivity index (χ4v) is 2.58. The highest BCUT2D eigenvalue weighted by molar-refractivity contribution is 5.89. The van der Waals surface area contributed by atoms with Gasteiger partial charge in [0.25, 0.3) is 0 Å². The van der Waals surface area contributed by atoms with Gasteiger partial charge in [-0.3, -0.25) is 0 Å². The minimum absolute atomic E-state index is 0.0937. The van der Waals surface area contributed by atoms with Crippen LogP contribution < -0.4 is 0 Å². The first-order valence-electron chi connectivity index (χ1n) is 5.23. The Kier molecular flexibility index (Phi) is 2.69. The summed E-state index contributed by atoms with van der Waals surface area (Å²) in [6.45, 7) is 2.59. The van der Waals surface area contributed by atoms with E-state index in [2.05, 4.69) is 0 Å². The maximum Gasteiger partial charge on any atom is 0.337 e. The molecule has 0 unspecified atom stereocenters. The fraction of sp³-hybridized carbons (Fsp3) is 0.727. The van der Waals surface area contributed by atoms with Crippen LogP contribution in [0.3, 0.4) is 0 Å². The molecule has 0 aromatic carbocycles. The van der Waals surface area contributed by atoms with Crippen LogP contribution in [0.2, 0.25) is 0 Å². The highest BCUT2D eigenvalue weighted by Crippen LogP contribution is 2.43. The Labute approximate surface area is 88.9 Å². The Hall–Kier alpha value is -1.03. The third-order valence-corrected chi connectivity index (χ3v) is 3.61. The monoisotopic (exact) mass is 212 g/mol. The normalized spacial score (nSPS) is 39.0. The zero-order chi connectivity index (χ0) is 11.0. The zero-order valence-electron chi connectivity index (χ0n) is 8.97. The van der Waals surface area contributed by atoms with Gasteiger partial charge >= 0.3 is 5.97 Å². The largest absolute Gasteiger partial charge is 0.500 e. The molecule has 1 aliphatic heterocycles. The predicted molar refractivity (Wildman–Crippen MR) is 52.8 cm³/mol. The third kappa shape index (κ3) is 1.63. The first kappa shape index (κ1) is 10.5. The van der Waals surface area contributed by atoms with Crippen molar-refractivity contribution in [3.8, 4) is 0 Å². The van der Waals surface area contributed by atoms with Crippen molar-refractivity contribution in [3.63, 3.8) is 0 Å². The summed E-state index contributed by atoms with van der Waals surface area (Å²) in [7, 11) is 1.36. The smallest absolute Gasteiger partial charge is 0.337 e. The van der Waals surface area contributed by atoms with Gasteiger partial charge in [-0.2, -0.15) is 0 Å². The van der Waals surface area contributed by atoms with Gasteiger partial charge < -0.3 is 14.6 Å². The van der Waals surface area contributed by atoms with Crippen LogP contribution in [0.25, 0.3) is 0 Å². The number of aliphatic hydroxyl groups excluding tert-OH is 1. The standard InChI is InChI=1S/C11H16O4/c1-6-8-4-15-5-9(11(13)14-2)7(8)3-10(6)12/h5-8,10,12H,3-4H2,1-2H3/t6-,7-,8+,10-/m1/s1. The van der Waals surface area contributed by atoms with Crippen molar-refractivity contribution in [2.45, 2.75) is 19.4 Å². The number of carbonyl (C=O) groups is 1. The maximum atomic E-state index is 11.5. The Morgan fingerprint density at radius 1 is 1.67 bits per heavy atom. The molecule has 1 fully saturated rings. The first-order chi connectivity index (χ1) is 7.15. The van der Waals surface area contributed by atoms with Gasteiger partial charge in [0.15, 0.2) is 0 Å². The van der Waals surface area contributed by atoms with E-state index in [4.69, 9.17) is 9.47 Å². The van der Waals surface area contributed by atoms with Crippen LogP contribution in [0.15, 0.2) is 11.8 Å². The Balaban J connectivity index is 2.21. The van der Waals surface area contributed by atoms with E-state index in [-0.39, 0.29) is 29.8 Å². The fourth-order valence-electron chi connectivity index (χ4n) is 2.58. The molecule has 0 aromatic heterocycles. The van der Waals surface area contributed by atoms with Crippen LogP contribution in [0.5, 0.6) is 0 Å². The summed E-state index contributed by atoms with van der Waals surface area (Å²) in [6, 6.07) is 0. The molecule has 0 aromatic rings. The molecule has 84 valence electrons. The van der Waals surface area contributed by atoms with E-state index in [1.807, 2.05) is 6.92 Å². The summed E-state index contributed by atoms with van der Waals surface area (Å²) in [5.74, 6) is 0.171. The third-order valence-electron chi connectivity index (χ3n) is 3.61. The molecule has 0 bridgehead atoms. The number of fused-ring (bicyclic) bond motifs is 1. The lowest BCUT2D eigenvalue weighted by Crippen LogP contribution is -2.28. The molecule has 1 aliphatic carbocycles. The van der Waals surface area contributed by atoms with Gasteiger partial charge in [-0.25, -0.2) is 4.79 Å². The van der Waals surface area contributed by atoms with E-state index in [9.17, 15) is 9.90 Å². The lowest BCUT2D eigenvalue weighted by Gasteiger charge is -2.27. The van der Waals surface area contributed by atoms with Crippen molar-refractivity contribution in [2.75, 3.05) is 13.7 Å². The van der Waals surface area contributed by atoms with Gasteiger partial charge in [-0.15, -0.1) is 0 Å². The number of carbonyl (C=O) groups excluding carboxylic acids is 1. The lowest BCUT2D eigenvalue weighted by molar-refractivity contribution is -0.137. The van der Waals surface area contributed by atoms with E-state index in [1.165, 1.54) is 13.4 Å². The Morgan fingerprint density at radius 2 is 2.40 bits per heavy atom. The van der Waals surface area contributed by atoms with Crippen LogP contribution >= 0.6 is 0 Å². The molecule has 1 heterocycles. The molecule has 15 heavy (non-hydrogen) atoms. The number of hydrogen-bond acceptors (Lipinski definition) is 4. The Bertz CT molecular complexity index is 297. The van der Waals surface area contributed by atoms with Crippen LogP contribution in [-0.4, -0.2) is 30.9 Å².